The molecule has 0 saturated heterocycles. The van der Waals surface area contributed by atoms with E-state index in [9.17, 15) is 4.79 Å². The number of methoxy groups -OCH3 is 2. The van der Waals surface area contributed by atoms with E-state index in [1.165, 1.54) is 6.92 Å². The van der Waals surface area contributed by atoms with Crippen LogP contribution in [0.15, 0.2) is 18.2 Å². The van der Waals surface area contributed by atoms with Gasteiger partial charge in [-0.05, 0) is 17.7 Å². The first kappa shape index (κ1) is 14.8. The van der Waals surface area contributed by atoms with Crippen molar-refractivity contribution < 1.29 is 14.3 Å². The van der Waals surface area contributed by atoms with Gasteiger partial charge in [0, 0.05) is 25.8 Å². The summed E-state index contributed by atoms with van der Waals surface area (Å²) in [5.41, 5.74) is 0.938. The number of nitrogens with one attached hydrogen (secondary N) is 1. The molecule has 0 radical (unpaired) electrons. The fourth-order valence-corrected chi connectivity index (χ4v) is 1.79. The van der Waals surface area contributed by atoms with Crippen molar-refractivity contribution in [1.82, 2.24) is 5.32 Å². The SMILES string of the molecule is COc1ccc(C(CC#N)CNC(C)=O)cc1OC. The molecule has 5 nitrogen and oxygen atoms in total. The third-order valence-corrected chi connectivity index (χ3v) is 2.81. The van der Waals surface area contributed by atoms with Crippen LogP contribution in [0.5, 0.6) is 11.5 Å². The lowest BCUT2D eigenvalue weighted by Crippen LogP contribution is -2.25. The van der Waals surface area contributed by atoms with E-state index in [1.54, 1.807) is 20.3 Å². The Labute approximate surface area is 113 Å². The number of hydrogen-bond donors (Lipinski definition) is 1. The second-order valence-electron chi connectivity index (χ2n) is 4.11. The Kier molecular flexibility index (Phi) is 5.68. The van der Waals surface area contributed by atoms with Crippen molar-refractivity contribution in [3.63, 3.8) is 0 Å². The standard InChI is InChI=1S/C14H18N2O3/c1-10(17)16-9-12(6-7-15)11-4-5-13(18-2)14(8-11)19-3/h4-5,8,12H,6,9H2,1-3H3,(H,16,17). The first-order valence-corrected chi connectivity index (χ1v) is 5.95. The molecule has 1 atom stereocenters. The highest BCUT2D eigenvalue weighted by Gasteiger charge is 2.14. The molecule has 5 heteroatoms. The molecule has 0 heterocycles. The van der Waals surface area contributed by atoms with E-state index in [2.05, 4.69) is 11.4 Å². The maximum atomic E-state index is 11.0. The van der Waals surface area contributed by atoms with Crippen molar-refractivity contribution in [2.75, 3.05) is 20.8 Å². The van der Waals surface area contributed by atoms with Gasteiger partial charge in [0.05, 0.1) is 20.3 Å². The van der Waals surface area contributed by atoms with E-state index < -0.39 is 0 Å². The van der Waals surface area contributed by atoms with Crippen LogP contribution in [-0.4, -0.2) is 26.7 Å². The van der Waals surface area contributed by atoms with Gasteiger partial charge in [-0.2, -0.15) is 5.26 Å². The number of carbonyl (C=O) groups is 1. The number of amides is 1. The van der Waals surface area contributed by atoms with E-state index in [4.69, 9.17) is 14.7 Å². The van der Waals surface area contributed by atoms with Gasteiger partial charge in [-0.1, -0.05) is 6.07 Å². The highest BCUT2D eigenvalue weighted by molar-refractivity contribution is 5.72. The monoisotopic (exact) mass is 262 g/mol. The highest BCUT2D eigenvalue weighted by atomic mass is 16.5. The van der Waals surface area contributed by atoms with E-state index >= 15 is 0 Å². The van der Waals surface area contributed by atoms with Gasteiger partial charge in [0.1, 0.15) is 0 Å². The van der Waals surface area contributed by atoms with E-state index in [1.807, 2.05) is 12.1 Å². The van der Waals surface area contributed by atoms with Crippen LogP contribution >= 0.6 is 0 Å². The summed E-state index contributed by atoms with van der Waals surface area (Å²) in [7, 11) is 3.14. The molecule has 1 aromatic rings. The quantitative estimate of drug-likeness (QED) is 0.849. The van der Waals surface area contributed by atoms with Gasteiger partial charge in [-0.25, -0.2) is 0 Å². The van der Waals surface area contributed by atoms with Gasteiger partial charge in [0.2, 0.25) is 5.91 Å². The number of rotatable bonds is 6. The molecule has 1 amide bonds. The molecule has 0 aliphatic heterocycles. The van der Waals surface area contributed by atoms with Crippen LogP contribution in [0.2, 0.25) is 0 Å². The van der Waals surface area contributed by atoms with Crippen LogP contribution in [0, 0.1) is 11.3 Å². The molecular formula is C14H18N2O3. The summed E-state index contributed by atoms with van der Waals surface area (Å²) in [5, 5.41) is 11.6. The molecular weight excluding hydrogens is 244 g/mol. The summed E-state index contributed by atoms with van der Waals surface area (Å²) >= 11 is 0. The minimum absolute atomic E-state index is 0.0614. The zero-order valence-corrected chi connectivity index (χ0v) is 11.4. The zero-order chi connectivity index (χ0) is 14.3. The van der Waals surface area contributed by atoms with Crippen molar-refractivity contribution in [2.24, 2.45) is 0 Å². The van der Waals surface area contributed by atoms with Crippen LogP contribution in [0.3, 0.4) is 0 Å². The lowest BCUT2D eigenvalue weighted by atomic mass is 9.95. The van der Waals surface area contributed by atoms with Crippen molar-refractivity contribution in [3.05, 3.63) is 23.8 Å². The van der Waals surface area contributed by atoms with E-state index in [0.29, 0.717) is 24.5 Å². The summed E-state index contributed by atoms with van der Waals surface area (Å²) in [6, 6.07) is 7.65. The zero-order valence-electron chi connectivity index (χ0n) is 11.4. The van der Waals surface area contributed by atoms with Crippen molar-refractivity contribution >= 4 is 5.91 Å². The maximum absolute atomic E-state index is 11.0. The lowest BCUT2D eigenvalue weighted by molar-refractivity contribution is -0.119. The van der Waals surface area contributed by atoms with Gasteiger partial charge >= 0.3 is 0 Å². The first-order valence-electron chi connectivity index (χ1n) is 5.95. The Balaban J connectivity index is 2.95. The predicted molar refractivity (Wildman–Crippen MR) is 71.2 cm³/mol. The third kappa shape index (κ3) is 4.18. The van der Waals surface area contributed by atoms with Crippen LogP contribution in [0.1, 0.15) is 24.8 Å². The Morgan fingerprint density at radius 1 is 1.37 bits per heavy atom. The molecule has 1 N–H and O–H groups in total. The smallest absolute Gasteiger partial charge is 0.216 e. The molecule has 19 heavy (non-hydrogen) atoms. The van der Waals surface area contributed by atoms with Crippen molar-refractivity contribution in [3.8, 4) is 17.6 Å². The molecule has 0 saturated carbocycles. The number of nitrogens with zero attached hydrogens (tertiary/aromatic N) is 1. The van der Waals surface area contributed by atoms with Gasteiger partial charge in [-0.3, -0.25) is 4.79 Å². The van der Waals surface area contributed by atoms with Gasteiger partial charge < -0.3 is 14.8 Å². The summed E-state index contributed by atoms with van der Waals surface area (Å²) in [6.45, 7) is 1.89. The Hall–Kier alpha value is -2.22. The van der Waals surface area contributed by atoms with Crippen molar-refractivity contribution in [2.45, 2.75) is 19.3 Å². The molecule has 0 fully saturated rings. The fraction of sp³-hybridized carbons (Fsp3) is 0.429. The van der Waals surface area contributed by atoms with Crippen molar-refractivity contribution in [1.29, 1.82) is 5.26 Å². The average Bonchev–Trinajstić information content (AvgIpc) is 2.42. The van der Waals surface area contributed by atoms with Crippen LogP contribution < -0.4 is 14.8 Å². The normalized spacial score (nSPS) is 11.3. The maximum Gasteiger partial charge on any atom is 0.216 e. The van der Waals surface area contributed by atoms with E-state index in [-0.39, 0.29) is 11.8 Å². The Morgan fingerprint density at radius 2 is 2.05 bits per heavy atom. The molecule has 0 aliphatic rings. The first-order chi connectivity index (χ1) is 9.12. The van der Waals surface area contributed by atoms with Gasteiger partial charge in [0.15, 0.2) is 11.5 Å². The highest BCUT2D eigenvalue weighted by Crippen LogP contribution is 2.31. The second-order valence-corrected chi connectivity index (χ2v) is 4.11. The van der Waals surface area contributed by atoms with Crippen LogP contribution in [0.4, 0.5) is 0 Å². The minimum atomic E-state index is -0.108. The molecule has 0 spiro atoms. The number of ether oxygens (including phenoxy) is 2. The van der Waals surface area contributed by atoms with Gasteiger partial charge in [-0.15, -0.1) is 0 Å². The summed E-state index contributed by atoms with van der Waals surface area (Å²) < 4.78 is 10.4. The number of nitriles is 1. The van der Waals surface area contributed by atoms with Crippen LogP contribution in [0.25, 0.3) is 0 Å². The fourth-order valence-electron chi connectivity index (χ4n) is 1.79. The molecule has 102 valence electrons. The number of benzene rings is 1. The lowest BCUT2D eigenvalue weighted by Gasteiger charge is -2.16. The van der Waals surface area contributed by atoms with E-state index in [0.717, 1.165) is 5.56 Å². The minimum Gasteiger partial charge on any atom is -0.493 e. The topological polar surface area (TPSA) is 71.3 Å². The molecule has 1 rings (SSSR count). The molecule has 1 unspecified atom stereocenters. The Morgan fingerprint density at radius 3 is 2.58 bits per heavy atom. The average molecular weight is 262 g/mol. The van der Waals surface area contributed by atoms with Gasteiger partial charge in [0.25, 0.3) is 0 Å². The number of hydrogen-bond acceptors (Lipinski definition) is 4. The summed E-state index contributed by atoms with van der Waals surface area (Å²) in [4.78, 5) is 11.0. The molecule has 1 aromatic carbocycles. The van der Waals surface area contributed by atoms with Crippen LogP contribution in [-0.2, 0) is 4.79 Å². The summed E-state index contributed by atoms with van der Waals surface area (Å²) in [6.07, 6.45) is 0.329. The largest absolute Gasteiger partial charge is 0.493 e. The molecule has 0 bridgehead atoms. The molecule has 0 aliphatic carbocycles. The molecule has 0 aromatic heterocycles. The number of carbonyl (C=O) groups excluding carboxylic acids is 1. The predicted octanol–water partition coefficient (Wildman–Crippen LogP) is 1.84. The summed E-state index contributed by atoms with van der Waals surface area (Å²) in [5.74, 6) is 1.09. The third-order valence-electron chi connectivity index (χ3n) is 2.81. The second kappa shape index (κ2) is 7.27. The Bertz CT molecular complexity index is 480.